The van der Waals surface area contributed by atoms with E-state index < -0.39 is 0 Å². The van der Waals surface area contributed by atoms with Crippen molar-refractivity contribution in [1.29, 1.82) is 0 Å². The molecule has 0 aliphatic heterocycles. The van der Waals surface area contributed by atoms with Crippen LogP contribution in [-0.2, 0) is 9.53 Å². The van der Waals surface area contributed by atoms with Crippen molar-refractivity contribution in [3.05, 3.63) is 43.8 Å². The number of hydrogen-bond donors (Lipinski definition) is 0. The largest absolute Gasteiger partial charge is 0.462 e. The van der Waals surface area contributed by atoms with Crippen molar-refractivity contribution in [3.63, 3.8) is 0 Å². The van der Waals surface area contributed by atoms with E-state index >= 15 is 0 Å². The molecule has 0 radical (unpaired) electrons. The molecule has 3 nitrogen and oxygen atoms in total. The van der Waals surface area contributed by atoms with Gasteiger partial charge in [-0.1, -0.05) is 46.3 Å². The Hall–Kier alpha value is -1.77. The third-order valence-electron chi connectivity index (χ3n) is 3.01. The highest BCUT2D eigenvalue weighted by molar-refractivity contribution is 5.81. The summed E-state index contributed by atoms with van der Waals surface area (Å²) in [4.78, 5) is 10.8. The zero-order valence-corrected chi connectivity index (χ0v) is 12.8. The summed E-state index contributed by atoms with van der Waals surface area (Å²) in [7, 11) is 0. The number of rotatable bonds is 8. The molecular formula is C17H27NO2. The quantitative estimate of drug-likeness (QED) is 0.516. The van der Waals surface area contributed by atoms with E-state index in [4.69, 9.17) is 4.74 Å². The van der Waals surface area contributed by atoms with Gasteiger partial charge in [-0.15, -0.1) is 0 Å². The number of carbonyl (C=O) groups excluding carboxylic acids is 1. The van der Waals surface area contributed by atoms with Crippen molar-refractivity contribution in [3.8, 4) is 0 Å². The number of unbranched alkanes of at least 4 members (excludes halogenated alkanes) is 1. The van der Waals surface area contributed by atoms with Gasteiger partial charge < -0.3 is 9.30 Å². The molecule has 0 saturated heterocycles. The van der Waals surface area contributed by atoms with Crippen molar-refractivity contribution >= 4 is 12.2 Å². The van der Waals surface area contributed by atoms with Crippen molar-refractivity contribution < 1.29 is 9.53 Å². The molecule has 1 atom stereocenters. The number of ether oxygens (including phenoxy) is 1. The second kappa shape index (κ2) is 12.3. The summed E-state index contributed by atoms with van der Waals surface area (Å²) in [5.41, 5.74) is 0. The summed E-state index contributed by atoms with van der Waals surface area (Å²) in [6.07, 6.45) is 11.5. The van der Waals surface area contributed by atoms with Gasteiger partial charge in [-0.05, 0) is 24.5 Å². The molecule has 0 amide bonds. The van der Waals surface area contributed by atoms with E-state index in [1.54, 1.807) is 6.20 Å². The van der Waals surface area contributed by atoms with Crippen molar-refractivity contribution in [2.24, 2.45) is 5.92 Å². The molecular weight excluding hydrogens is 250 g/mol. The highest BCUT2D eigenvalue weighted by Gasteiger charge is 2.07. The number of hydrogen-bond acceptors (Lipinski definition) is 2. The van der Waals surface area contributed by atoms with Gasteiger partial charge in [0, 0.05) is 24.7 Å². The van der Waals surface area contributed by atoms with Gasteiger partial charge in [-0.2, -0.15) is 0 Å². The number of esters is 1. The van der Waals surface area contributed by atoms with Gasteiger partial charge in [0.15, 0.2) is 0 Å². The lowest BCUT2D eigenvalue weighted by atomic mass is 10.0. The van der Waals surface area contributed by atoms with Crippen LogP contribution in [0.4, 0.5) is 0 Å². The SMILES string of the molecule is C=CC(=O)OCC(CC)CCCC.C=Cn1cccc1. The third-order valence-corrected chi connectivity index (χ3v) is 3.01. The first kappa shape index (κ1) is 18.2. The van der Waals surface area contributed by atoms with E-state index in [1.807, 2.05) is 29.1 Å². The second-order valence-electron chi connectivity index (χ2n) is 4.56. The van der Waals surface area contributed by atoms with E-state index in [0.29, 0.717) is 12.5 Å². The summed E-state index contributed by atoms with van der Waals surface area (Å²) in [6, 6.07) is 3.92. The maximum absolute atomic E-state index is 10.8. The maximum Gasteiger partial charge on any atom is 0.330 e. The number of aromatic nitrogens is 1. The van der Waals surface area contributed by atoms with Crippen molar-refractivity contribution in [2.75, 3.05) is 6.61 Å². The van der Waals surface area contributed by atoms with Gasteiger partial charge in [0.1, 0.15) is 0 Å². The second-order valence-corrected chi connectivity index (χ2v) is 4.56. The Balaban J connectivity index is 0.000000428. The lowest BCUT2D eigenvalue weighted by Crippen LogP contribution is -2.12. The van der Waals surface area contributed by atoms with Crippen LogP contribution in [-0.4, -0.2) is 17.1 Å². The molecule has 0 saturated carbocycles. The summed E-state index contributed by atoms with van der Waals surface area (Å²) in [5.74, 6) is 0.207. The van der Waals surface area contributed by atoms with Crippen LogP contribution in [0.5, 0.6) is 0 Å². The first-order valence-corrected chi connectivity index (χ1v) is 7.22. The lowest BCUT2D eigenvalue weighted by Gasteiger charge is -2.13. The Morgan fingerprint density at radius 1 is 1.30 bits per heavy atom. The molecule has 1 unspecified atom stereocenters. The van der Waals surface area contributed by atoms with Crippen LogP contribution in [0.3, 0.4) is 0 Å². The molecule has 0 fully saturated rings. The normalized spacial score (nSPS) is 10.9. The predicted octanol–water partition coefficient (Wildman–Crippen LogP) is 4.52. The van der Waals surface area contributed by atoms with E-state index in [2.05, 4.69) is 27.0 Å². The summed E-state index contributed by atoms with van der Waals surface area (Å²) < 4.78 is 6.87. The van der Waals surface area contributed by atoms with Crippen LogP contribution in [0.2, 0.25) is 0 Å². The molecule has 0 bridgehead atoms. The molecule has 0 aromatic carbocycles. The molecule has 1 heterocycles. The summed E-state index contributed by atoms with van der Waals surface area (Å²) in [5, 5.41) is 0. The molecule has 1 aromatic rings. The van der Waals surface area contributed by atoms with E-state index in [1.165, 1.54) is 18.9 Å². The molecule has 0 aliphatic carbocycles. The highest BCUT2D eigenvalue weighted by atomic mass is 16.5. The number of nitrogens with zero attached hydrogens (tertiary/aromatic N) is 1. The van der Waals surface area contributed by atoms with Crippen LogP contribution in [0.1, 0.15) is 39.5 Å². The van der Waals surface area contributed by atoms with E-state index in [-0.39, 0.29) is 5.97 Å². The van der Waals surface area contributed by atoms with Crippen molar-refractivity contribution in [1.82, 2.24) is 4.57 Å². The van der Waals surface area contributed by atoms with E-state index in [0.717, 1.165) is 12.8 Å². The minimum absolute atomic E-state index is 0.310. The predicted molar refractivity (Wildman–Crippen MR) is 85.3 cm³/mol. The molecule has 1 aromatic heterocycles. The Bertz CT molecular complexity index is 368. The number of carbonyl (C=O) groups is 1. The molecule has 20 heavy (non-hydrogen) atoms. The lowest BCUT2D eigenvalue weighted by molar-refractivity contribution is -0.139. The van der Waals surface area contributed by atoms with Crippen LogP contribution in [0.25, 0.3) is 6.20 Å². The van der Waals surface area contributed by atoms with Gasteiger partial charge in [0.2, 0.25) is 0 Å². The average Bonchev–Trinajstić information content (AvgIpc) is 3.01. The smallest absolute Gasteiger partial charge is 0.330 e. The molecule has 0 spiro atoms. The first-order chi connectivity index (χ1) is 9.67. The molecule has 1 rings (SSSR count). The minimum Gasteiger partial charge on any atom is -0.462 e. The molecule has 0 aliphatic rings. The average molecular weight is 277 g/mol. The fourth-order valence-corrected chi connectivity index (χ4v) is 1.63. The topological polar surface area (TPSA) is 31.2 Å². The van der Waals surface area contributed by atoms with E-state index in [9.17, 15) is 4.79 Å². The third kappa shape index (κ3) is 9.20. The van der Waals surface area contributed by atoms with Crippen LogP contribution in [0.15, 0.2) is 43.8 Å². The Labute approximate surface area is 122 Å². The summed E-state index contributed by atoms with van der Waals surface area (Å²) in [6.45, 7) is 11.8. The minimum atomic E-state index is -0.310. The zero-order valence-electron chi connectivity index (χ0n) is 12.8. The van der Waals surface area contributed by atoms with Crippen molar-refractivity contribution in [2.45, 2.75) is 39.5 Å². The molecule has 0 N–H and O–H groups in total. The van der Waals surface area contributed by atoms with Gasteiger partial charge >= 0.3 is 5.97 Å². The first-order valence-electron chi connectivity index (χ1n) is 7.22. The Kier molecular flexibility index (Phi) is 11.2. The standard InChI is InChI=1S/C11H20O2.C6H7N/c1-4-7-8-10(5-2)9-13-11(12)6-3;1-2-7-5-3-4-6-7/h6,10H,3-5,7-9H2,1-2H3;2-6H,1H2. The Morgan fingerprint density at radius 3 is 2.35 bits per heavy atom. The summed E-state index contributed by atoms with van der Waals surface area (Å²) >= 11 is 0. The fourth-order valence-electron chi connectivity index (χ4n) is 1.63. The fraction of sp³-hybridized carbons (Fsp3) is 0.471. The van der Waals surface area contributed by atoms with Crippen LogP contribution in [0, 0.1) is 5.92 Å². The molecule has 112 valence electrons. The van der Waals surface area contributed by atoms with Gasteiger partial charge in [-0.3, -0.25) is 0 Å². The molecule has 3 heteroatoms. The van der Waals surface area contributed by atoms with Gasteiger partial charge in [0.05, 0.1) is 6.61 Å². The van der Waals surface area contributed by atoms with Gasteiger partial charge in [0.25, 0.3) is 0 Å². The maximum atomic E-state index is 10.8. The zero-order chi connectivity index (χ0) is 15.2. The van der Waals surface area contributed by atoms with Crippen LogP contribution < -0.4 is 0 Å². The van der Waals surface area contributed by atoms with Crippen LogP contribution >= 0.6 is 0 Å². The Morgan fingerprint density at radius 2 is 1.95 bits per heavy atom. The highest BCUT2D eigenvalue weighted by Crippen LogP contribution is 2.12. The van der Waals surface area contributed by atoms with Gasteiger partial charge in [-0.25, -0.2) is 4.79 Å². The monoisotopic (exact) mass is 277 g/mol.